The van der Waals surface area contributed by atoms with Gasteiger partial charge in [-0.15, -0.1) is 0 Å². The Kier molecular flexibility index (Phi) is 4.17. The maximum atomic E-state index is 9.26. The van der Waals surface area contributed by atoms with Crippen molar-refractivity contribution in [3.63, 3.8) is 0 Å². The highest BCUT2D eigenvalue weighted by Gasteiger charge is 2.21. The van der Waals surface area contributed by atoms with Crippen LogP contribution in [0, 0.1) is 5.92 Å². The highest BCUT2D eigenvalue weighted by molar-refractivity contribution is 5.26. The molecule has 2 aromatic rings. The van der Waals surface area contributed by atoms with Crippen LogP contribution in [0.1, 0.15) is 29.7 Å². The van der Waals surface area contributed by atoms with E-state index < -0.39 is 0 Å². The molecule has 1 unspecified atom stereocenters. The second-order valence-corrected chi connectivity index (χ2v) is 5.46. The van der Waals surface area contributed by atoms with Crippen LogP contribution in [0.5, 0.6) is 5.75 Å². The van der Waals surface area contributed by atoms with E-state index in [1.807, 2.05) is 12.1 Å². The first-order chi connectivity index (χ1) is 10.2. The van der Waals surface area contributed by atoms with Crippen LogP contribution in [0.3, 0.4) is 0 Å². The number of ether oxygens (including phenoxy) is 1. The number of benzene rings is 1. The van der Waals surface area contributed by atoms with Crippen molar-refractivity contribution >= 4 is 0 Å². The minimum Gasteiger partial charge on any atom is -0.508 e. The molecule has 6 nitrogen and oxygen atoms in total. The van der Waals surface area contributed by atoms with E-state index >= 15 is 0 Å². The molecule has 0 amide bonds. The van der Waals surface area contributed by atoms with Gasteiger partial charge >= 0.3 is 0 Å². The number of hydrogen-bond donors (Lipinski definition) is 2. The molecular weight excluding hydrogens is 270 g/mol. The van der Waals surface area contributed by atoms with E-state index in [-0.39, 0.29) is 11.8 Å². The lowest BCUT2D eigenvalue weighted by molar-refractivity contribution is 0.185. The van der Waals surface area contributed by atoms with Crippen molar-refractivity contribution in [2.45, 2.75) is 25.3 Å². The number of nitrogens with two attached hydrogens (primary N) is 1. The summed E-state index contributed by atoms with van der Waals surface area (Å²) in [6.07, 6.45) is 2.41. The Balaban J connectivity index is 1.60. The van der Waals surface area contributed by atoms with E-state index in [1.54, 1.807) is 12.1 Å². The largest absolute Gasteiger partial charge is 0.508 e. The predicted molar refractivity (Wildman–Crippen MR) is 75.7 cm³/mol. The second-order valence-electron chi connectivity index (χ2n) is 5.46. The van der Waals surface area contributed by atoms with E-state index in [2.05, 4.69) is 10.1 Å². The molecule has 2 atom stereocenters. The lowest BCUT2D eigenvalue weighted by atomic mass is 10.0. The molecule has 112 valence electrons. The number of phenolic OH excluding ortho intramolecular Hbond substituents is 1. The van der Waals surface area contributed by atoms with Crippen molar-refractivity contribution in [2.24, 2.45) is 11.7 Å². The Morgan fingerprint density at radius 2 is 2.14 bits per heavy atom. The van der Waals surface area contributed by atoms with Gasteiger partial charge in [-0.1, -0.05) is 17.3 Å². The highest BCUT2D eigenvalue weighted by atomic mass is 16.5. The maximum absolute atomic E-state index is 9.26. The fourth-order valence-corrected chi connectivity index (χ4v) is 2.48. The van der Waals surface area contributed by atoms with Crippen molar-refractivity contribution in [1.29, 1.82) is 0 Å². The Morgan fingerprint density at radius 1 is 1.33 bits per heavy atom. The summed E-state index contributed by atoms with van der Waals surface area (Å²) in [4.78, 5) is 4.38. The average molecular weight is 289 g/mol. The zero-order valence-electron chi connectivity index (χ0n) is 11.7. The van der Waals surface area contributed by atoms with E-state index in [0.29, 0.717) is 24.1 Å². The van der Waals surface area contributed by atoms with Crippen LogP contribution in [0.4, 0.5) is 0 Å². The van der Waals surface area contributed by atoms with Gasteiger partial charge in [-0.3, -0.25) is 0 Å². The van der Waals surface area contributed by atoms with Crippen LogP contribution in [0.2, 0.25) is 0 Å². The molecule has 0 radical (unpaired) electrons. The standard InChI is InChI=1S/C15H19N3O3/c16-13(7-10-1-3-12(19)4-2-10)15-17-14(18-21-15)8-11-5-6-20-9-11/h1-4,11,13,19H,5-9,16H2/t11?,13-/m0/s1. The molecule has 21 heavy (non-hydrogen) atoms. The summed E-state index contributed by atoms with van der Waals surface area (Å²) >= 11 is 0. The zero-order chi connectivity index (χ0) is 14.7. The summed E-state index contributed by atoms with van der Waals surface area (Å²) in [5.74, 6) is 1.87. The quantitative estimate of drug-likeness (QED) is 0.868. The van der Waals surface area contributed by atoms with Gasteiger partial charge < -0.3 is 20.1 Å². The summed E-state index contributed by atoms with van der Waals surface area (Å²) in [7, 11) is 0. The second kappa shape index (κ2) is 6.24. The fourth-order valence-electron chi connectivity index (χ4n) is 2.48. The number of aromatic nitrogens is 2. The molecule has 1 aliphatic rings. The van der Waals surface area contributed by atoms with Crippen molar-refractivity contribution in [2.75, 3.05) is 13.2 Å². The summed E-state index contributed by atoms with van der Waals surface area (Å²) in [5, 5.41) is 13.3. The van der Waals surface area contributed by atoms with E-state index in [9.17, 15) is 5.11 Å². The molecule has 0 aliphatic carbocycles. The lowest BCUT2D eigenvalue weighted by Gasteiger charge is -2.06. The molecule has 0 saturated carbocycles. The van der Waals surface area contributed by atoms with Gasteiger partial charge in [0.2, 0.25) is 5.89 Å². The molecule has 3 rings (SSSR count). The number of hydrogen-bond acceptors (Lipinski definition) is 6. The lowest BCUT2D eigenvalue weighted by Crippen LogP contribution is -2.14. The van der Waals surface area contributed by atoms with Gasteiger partial charge in [0.25, 0.3) is 0 Å². The molecule has 1 aromatic heterocycles. The summed E-state index contributed by atoms with van der Waals surface area (Å²) < 4.78 is 10.6. The van der Waals surface area contributed by atoms with Crippen molar-refractivity contribution in [3.05, 3.63) is 41.5 Å². The predicted octanol–water partition coefficient (Wildman–Crippen LogP) is 1.60. The van der Waals surface area contributed by atoms with Crippen LogP contribution < -0.4 is 5.73 Å². The SMILES string of the molecule is N[C@@H](Cc1ccc(O)cc1)c1nc(CC2CCOC2)no1. The Hall–Kier alpha value is -1.92. The maximum Gasteiger partial charge on any atom is 0.243 e. The van der Waals surface area contributed by atoms with Gasteiger partial charge in [0.05, 0.1) is 6.04 Å². The van der Waals surface area contributed by atoms with Crippen LogP contribution in [0.15, 0.2) is 28.8 Å². The van der Waals surface area contributed by atoms with Gasteiger partial charge in [-0.25, -0.2) is 0 Å². The molecule has 1 fully saturated rings. The summed E-state index contributed by atoms with van der Waals surface area (Å²) in [5.41, 5.74) is 7.12. The third-order valence-corrected chi connectivity index (χ3v) is 3.69. The van der Waals surface area contributed by atoms with Crippen molar-refractivity contribution in [1.82, 2.24) is 10.1 Å². The van der Waals surface area contributed by atoms with Gasteiger partial charge in [0, 0.05) is 19.6 Å². The van der Waals surface area contributed by atoms with E-state index in [4.69, 9.17) is 15.0 Å². The number of aromatic hydroxyl groups is 1. The minimum atomic E-state index is -0.337. The first kappa shape index (κ1) is 14.0. The van der Waals surface area contributed by atoms with Crippen molar-refractivity contribution in [3.8, 4) is 5.75 Å². The molecule has 2 heterocycles. The Morgan fingerprint density at radius 3 is 2.86 bits per heavy atom. The molecule has 0 bridgehead atoms. The smallest absolute Gasteiger partial charge is 0.243 e. The first-order valence-electron chi connectivity index (χ1n) is 7.14. The molecule has 1 aliphatic heterocycles. The third-order valence-electron chi connectivity index (χ3n) is 3.69. The highest BCUT2D eigenvalue weighted by Crippen LogP contribution is 2.20. The average Bonchev–Trinajstić information content (AvgIpc) is 3.13. The van der Waals surface area contributed by atoms with Gasteiger partial charge in [-0.2, -0.15) is 4.98 Å². The van der Waals surface area contributed by atoms with Crippen LogP contribution >= 0.6 is 0 Å². The van der Waals surface area contributed by atoms with Gasteiger partial charge in [0.1, 0.15) is 5.75 Å². The number of nitrogens with zero attached hydrogens (tertiary/aromatic N) is 2. The number of phenols is 1. The first-order valence-corrected chi connectivity index (χ1v) is 7.14. The van der Waals surface area contributed by atoms with Crippen molar-refractivity contribution < 1.29 is 14.4 Å². The normalized spacial score (nSPS) is 19.8. The molecule has 1 aromatic carbocycles. The summed E-state index contributed by atoms with van der Waals surface area (Å²) in [6.45, 7) is 1.58. The third kappa shape index (κ3) is 3.59. The van der Waals surface area contributed by atoms with E-state index in [1.165, 1.54) is 0 Å². The van der Waals surface area contributed by atoms with Gasteiger partial charge in [-0.05, 0) is 36.5 Å². The molecule has 6 heteroatoms. The van der Waals surface area contributed by atoms with Gasteiger partial charge in [0.15, 0.2) is 5.82 Å². The summed E-state index contributed by atoms with van der Waals surface area (Å²) in [6, 6.07) is 6.61. The minimum absolute atomic E-state index is 0.242. The monoisotopic (exact) mass is 289 g/mol. The molecule has 3 N–H and O–H groups in total. The van der Waals surface area contributed by atoms with Crippen LogP contribution in [0.25, 0.3) is 0 Å². The molecular formula is C15H19N3O3. The number of rotatable bonds is 5. The van der Waals surface area contributed by atoms with E-state index in [0.717, 1.165) is 31.6 Å². The zero-order valence-corrected chi connectivity index (χ0v) is 11.7. The molecule has 1 saturated heterocycles. The Labute approximate surface area is 122 Å². The topological polar surface area (TPSA) is 94.4 Å². The van der Waals surface area contributed by atoms with Crippen LogP contribution in [-0.2, 0) is 17.6 Å². The molecule has 0 spiro atoms. The van der Waals surface area contributed by atoms with Crippen LogP contribution in [-0.4, -0.2) is 28.5 Å². The fraction of sp³-hybridized carbons (Fsp3) is 0.467. The Bertz CT molecular complexity index is 576.